The molecule has 2 aliphatic carbocycles. The fourth-order valence-corrected chi connectivity index (χ4v) is 6.57. The van der Waals surface area contributed by atoms with E-state index in [1.54, 1.807) is 5.56 Å². The monoisotopic (exact) mass is 400 g/mol. The maximum atomic E-state index is 3.86. The average Bonchev–Trinajstić information content (AvgIpc) is 2.72. The van der Waals surface area contributed by atoms with Crippen molar-refractivity contribution < 1.29 is 0 Å². The van der Waals surface area contributed by atoms with Crippen LogP contribution in [-0.2, 0) is 11.8 Å². The summed E-state index contributed by atoms with van der Waals surface area (Å²) in [6.45, 7) is 11.2. The molecule has 2 fully saturated rings. The molecule has 30 heavy (non-hydrogen) atoms. The number of aryl methyl sites for hydroxylation is 1. The van der Waals surface area contributed by atoms with Crippen LogP contribution in [0.5, 0.6) is 0 Å². The first kappa shape index (κ1) is 21.4. The zero-order chi connectivity index (χ0) is 21.1. The summed E-state index contributed by atoms with van der Waals surface area (Å²) in [7, 11) is 0. The van der Waals surface area contributed by atoms with E-state index in [4.69, 9.17) is 0 Å². The minimum absolute atomic E-state index is 0.373. The van der Waals surface area contributed by atoms with Crippen molar-refractivity contribution in [2.24, 2.45) is 23.7 Å². The standard InChI is InChI=1S/C30H40/c1-5-6-22(2)7-8-24-9-11-27(12-10-24)28-13-15-29(16-14-28)30(4)20-25-17-23(3)18-26(19-25)21-30/h5,9-16,22-23,25-26H,1,6-8,17-21H2,2-4H3. The highest BCUT2D eigenvalue weighted by molar-refractivity contribution is 5.64. The van der Waals surface area contributed by atoms with Crippen molar-refractivity contribution in [3.8, 4) is 11.1 Å². The van der Waals surface area contributed by atoms with Gasteiger partial charge in [-0.25, -0.2) is 0 Å². The highest BCUT2D eigenvalue weighted by Gasteiger charge is 2.41. The van der Waals surface area contributed by atoms with Crippen LogP contribution in [0.15, 0.2) is 61.2 Å². The van der Waals surface area contributed by atoms with E-state index >= 15 is 0 Å². The van der Waals surface area contributed by atoms with Crippen LogP contribution in [0.2, 0.25) is 0 Å². The molecule has 0 heterocycles. The first-order chi connectivity index (χ1) is 14.4. The van der Waals surface area contributed by atoms with Crippen molar-refractivity contribution in [2.75, 3.05) is 0 Å². The smallest absolute Gasteiger partial charge is 0.00700 e. The van der Waals surface area contributed by atoms with Gasteiger partial charge in [0.25, 0.3) is 0 Å². The van der Waals surface area contributed by atoms with Gasteiger partial charge in [-0.15, -0.1) is 6.58 Å². The van der Waals surface area contributed by atoms with Crippen molar-refractivity contribution in [1.82, 2.24) is 0 Å². The van der Waals surface area contributed by atoms with Gasteiger partial charge in [-0.1, -0.05) is 75.4 Å². The summed E-state index contributed by atoms with van der Waals surface area (Å²) in [5, 5.41) is 0. The van der Waals surface area contributed by atoms with E-state index in [-0.39, 0.29) is 0 Å². The Kier molecular flexibility index (Phi) is 6.51. The summed E-state index contributed by atoms with van der Waals surface area (Å²) in [6.07, 6.45) is 12.7. The summed E-state index contributed by atoms with van der Waals surface area (Å²) < 4.78 is 0. The van der Waals surface area contributed by atoms with Crippen LogP contribution in [0, 0.1) is 23.7 Å². The normalized spacial score (nSPS) is 29.4. The molecule has 2 bridgehead atoms. The van der Waals surface area contributed by atoms with E-state index in [1.807, 2.05) is 6.08 Å². The molecular weight excluding hydrogens is 360 g/mol. The minimum atomic E-state index is 0.373. The maximum Gasteiger partial charge on any atom is -0.00700 e. The van der Waals surface area contributed by atoms with Gasteiger partial charge in [0.2, 0.25) is 0 Å². The molecule has 0 amide bonds. The number of allylic oxidation sites excluding steroid dienone is 1. The fourth-order valence-electron chi connectivity index (χ4n) is 6.57. The van der Waals surface area contributed by atoms with E-state index in [9.17, 15) is 0 Å². The number of rotatable bonds is 7. The Morgan fingerprint density at radius 1 is 0.933 bits per heavy atom. The topological polar surface area (TPSA) is 0 Å². The van der Waals surface area contributed by atoms with Crippen LogP contribution < -0.4 is 0 Å². The second-order valence-corrected chi connectivity index (χ2v) is 11.0. The highest BCUT2D eigenvalue weighted by atomic mass is 14.5. The van der Waals surface area contributed by atoms with Gasteiger partial charge < -0.3 is 0 Å². The number of benzene rings is 2. The van der Waals surface area contributed by atoms with Gasteiger partial charge in [-0.05, 0) is 103 Å². The van der Waals surface area contributed by atoms with Crippen LogP contribution in [0.4, 0.5) is 0 Å². The number of hydrogen-bond acceptors (Lipinski definition) is 0. The molecule has 0 nitrogen and oxygen atoms in total. The van der Waals surface area contributed by atoms with Gasteiger partial charge in [0, 0.05) is 0 Å². The maximum absolute atomic E-state index is 3.86. The van der Waals surface area contributed by atoms with Gasteiger partial charge in [-0.2, -0.15) is 0 Å². The van der Waals surface area contributed by atoms with Crippen LogP contribution in [0.1, 0.15) is 76.8 Å². The summed E-state index contributed by atoms with van der Waals surface area (Å²) in [4.78, 5) is 0. The van der Waals surface area contributed by atoms with E-state index in [2.05, 4.69) is 75.9 Å². The fraction of sp³-hybridized carbons (Fsp3) is 0.533. The van der Waals surface area contributed by atoms with Gasteiger partial charge in [0.1, 0.15) is 0 Å². The Hall–Kier alpha value is -1.82. The molecule has 0 radical (unpaired) electrons. The van der Waals surface area contributed by atoms with E-state index in [1.165, 1.54) is 55.2 Å². The van der Waals surface area contributed by atoms with Crippen molar-refractivity contribution in [3.63, 3.8) is 0 Å². The lowest BCUT2D eigenvalue weighted by Gasteiger charge is -2.47. The van der Waals surface area contributed by atoms with E-state index in [0.29, 0.717) is 5.41 Å². The Bertz CT molecular complexity index is 807. The molecule has 2 aromatic carbocycles. The van der Waals surface area contributed by atoms with Crippen molar-refractivity contribution >= 4 is 0 Å². The molecule has 0 heteroatoms. The zero-order valence-electron chi connectivity index (χ0n) is 19.4. The van der Waals surface area contributed by atoms with Gasteiger partial charge >= 0.3 is 0 Å². The Balaban J connectivity index is 1.42. The van der Waals surface area contributed by atoms with Crippen LogP contribution >= 0.6 is 0 Å². The van der Waals surface area contributed by atoms with E-state index < -0.39 is 0 Å². The lowest BCUT2D eigenvalue weighted by molar-refractivity contribution is 0.0899. The molecule has 2 aliphatic rings. The quantitative estimate of drug-likeness (QED) is 0.408. The molecule has 0 aliphatic heterocycles. The molecule has 160 valence electrons. The third-order valence-electron chi connectivity index (χ3n) is 7.98. The van der Waals surface area contributed by atoms with Crippen molar-refractivity contribution in [3.05, 3.63) is 72.3 Å². The summed E-state index contributed by atoms with van der Waals surface area (Å²) in [6, 6.07) is 18.8. The van der Waals surface area contributed by atoms with Crippen molar-refractivity contribution in [1.29, 1.82) is 0 Å². The third-order valence-corrected chi connectivity index (χ3v) is 7.98. The second-order valence-electron chi connectivity index (χ2n) is 11.0. The Labute approximate surface area is 184 Å². The first-order valence-electron chi connectivity index (χ1n) is 12.3. The van der Waals surface area contributed by atoms with Crippen LogP contribution in [0.3, 0.4) is 0 Å². The third kappa shape index (κ3) is 4.90. The molecule has 0 aromatic heterocycles. The van der Waals surface area contributed by atoms with Crippen molar-refractivity contribution in [2.45, 2.75) is 77.6 Å². The molecule has 0 N–H and O–H groups in total. The summed E-state index contributed by atoms with van der Waals surface area (Å²) in [5.41, 5.74) is 6.06. The zero-order valence-corrected chi connectivity index (χ0v) is 19.4. The molecule has 3 unspecified atom stereocenters. The summed E-state index contributed by atoms with van der Waals surface area (Å²) in [5.74, 6) is 3.55. The first-order valence-corrected chi connectivity index (χ1v) is 12.3. The highest BCUT2D eigenvalue weighted by Crippen LogP contribution is 2.51. The minimum Gasteiger partial charge on any atom is -0.103 e. The second kappa shape index (κ2) is 9.13. The molecule has 3 atom stereocenters. The molecule has 0 saturated heterocycles. The van der Waals surface area contributed by atoms with Crippen LogP contribution in [-0.4, -0.2) is 0 Å². The Morgan fingerprint density at radius 2 is 1.50 bits per heavy atom. The lowest BCUT2D eigenvalue weighted by Crippen LogP contribution is -2.38. The molecule has 2 saturated carbocycles. The van der Waals surface area contributed by atoms with E-state index in [0.717, 1.165) is 36.5 Å². The van der Waals surface area contributed by atoms with Gasteiger partial charge in [0.05, 0.1) is 0 Å². The molecule has 2 aromatic rings. The van der Waals surface area contributed by atoms with Crippen LogP contribution in [0.25, 0.3) is 11.1 Å². The lowest BCUT2D eigenvalue weighted by atomic mass is 9.57. The predicted octanol–water partition coefficient (Wildman–Crippen LogP) is 8.60. The SMILES string of the molecule is C=CCC(C)CCc1ccc(-c2ccc(C3(C)CC4CC(C)CC(C4)C3)cc2)cc1. The molecule has 4 rings (SSSR count). The Morgan fingerprint density at radius 3 is 2.07 bits per heavy atom. The van der Waals surface area contributed by atoms with Gasteiger partial charge in [-0.3, -0.25) is 0 Å². The van der Waals surface area contributed by atoms with Gasteiger partial charge in [0.15, 0.2) is 0 Å². The number of fused-ring (bicyclic) bond motifs is 2. The largest absolute Gasteiger partial charge is 0.103 e. The predicted molar refractivity (Wildman–Crippen MR) is 131 cm³/mol. The molecular formula is C30H40. The average molecular weight is 401 g/mol. The number of hydrogen-bond donors (Lipinski definition) is 0. The molecule has 0 spiro atoms. The summed E-state index contributed by atoms with van der Waals surface area (Å²) >= 11 is 0.